The predicted octanol–water partition coefficient (Wildman–Crippen LogP) is 9.29. The maximum atomic E-state index is 11.4. The first-order valence-corrected chi connectivity index (χ1v) is 15.0. The van der Waals surface area contributed by atoms with E-state index in [0.29, 0.717) is 19.4 Å². The standard InChI is InChI=1S/C16H32O2.C14H29NO/c1-3-5-7-9-10-11-12-14-16(17)18-15-13-8-6-4-2;1-3-5-6-7-8-9-10-11-12-13-14(16)15-4-2/h3-15H2,1-2H3;3-13H2,1-2H3,(H,15,16). The minimum Gasteiger partial charge on any atom is -0.466 e. The normalized spacial score (nSPS) is 10.5. The Morgan fingerprint density at radius 2 is 0.882 bits per heavy atom. The molecule has 1 N–H and O–H groups in total. The van der Waals surface area contributed by atoms with Gasteiger partial charge >= 0.3 is 5.97 Å². The first-order chi connectivity index (χ1) is 16.6. The van der Waals surface area contributed by atoms with Gasteiger partial charge in [-0.2, -0.15) is 0 Å². The van der Waals surface area contributed by atoms with Crippen LogP contribution in [0.15, 0.2) is 0 Å². The molecule has 0 radical (unpaired) electrons. The fourth-order valence-corrected chi connectivity index (χ4v) is 3.90. The summed E-state index contributed by atoms with van der Waals surface area (Å²) in [7, 11) is 0. The Bertz CT molecular complexity index is 412. The highest BCUT2D eigenvalue weighted by Crippen LogP contribution is 2.11. The van der Waals surface area contributed by atoms with Crippen molar-refractivity contribution in [2.75, 3.05) is 13.2 Å². The van der Waals surface area contributed by atoms with Crippen LogP contribution >= 0.6 is 0 Å². The molecule has 0 atom stereocenters. The molecule has 0 heterocycles. The van der Waals surface area contributed by atoms with E-state index >= 15 is 0 Å². The minimum atomic E-state index is 0.0000525. The van der Waals surface area contributed by atoms with E-state index in [-0.39, 0.29) is 11.9 Å². The molecule has 0 aliphatic rings. The molecule has 34 heavy (non-hydrogen) atoms. The second-order valence-corrected chi connectivity index (χ2v) is 9.68. The molecule has 0 aliphatic heterocycles. The van der Waals surface area contributed by atoms with Crippen LogP contribution in [0.25, 0.3) is 0 Å². The summed E-state index contributed by atoms with van der Waals surface area (Å²) in [6, 6.07) is 0. The van der Waals surface area contributed by atoms with Crippen molar-refractivity contribution in [3.05, 3.63) is 0 Å². The third kappa shape index (κ3) is 33.1. The number of nitrogens with one attached hydrogen (secondary N) is 1. The Balaban J connectivity index is 0. The van der Waals surface area contributed by atoms with Gasteiger partial charge in [-0.25, -0.2) is 0 Å². The van der Waals surface area contributed by atoms with Crippen molar-refractivity contribution in [2.24, 2.45) is 0 Å². The molecule has 0 rings (SSSR count). The first-order valence-electron chi connectivity index (χ1n) is 15.0. The number of hydrogen-bond donors (Lipinski definition) is 1. The highest BCUT2D eigenvalue weighted by atomic mass is 16.5. The molecular weight excluding hydrogens is 422 g/mol. The summed E-state index contributed by atoms with van der Waals surface area (Å²) in [5.41, 5.74) is 0. The molecule has 0 fully saturated rings. The van der Waals surface area contributed by atoms with Gasteiger partial charge in [-0.3, -0.25) is 9.59 Å². The molecule has 0 aliphatic carbocycles. The van der Waals surface area contributed by atoms with E-state index in [2.05, 4.69) is 26.1 Å². The van der Waals surface area contributed by atoms with Crippen LogP contribution in [0, 0.1) is 0 Å². The van der Waals surface area contributed by atoms with Gasteiger partial charge in [0, 0.05) is 19.4 Å². The van der Waals surface area contributed by atoms with Gasteiger partial charge in [0.15, 0.2) is 0 Å². The van der Waals surface area contributed by atoms with Crippen molar-refractivity contribution in [3.8, 4) is 0 Å². The maximum Gasteiger partial charge on any atom is 0.305 e. The highest BCUT2D eigenvalue weighted by molar-refractivity contribution is 5.75. The lowest BCUT2D eigenvalue weighted by Gasteiger charge is -2.04. The van der Waals surface area contributed by atoms with Crippen molar-refractivity contribution in [3.63, 3.8) is 0 Å². The number of amides is 1. The minimum absolute atomic E-state index is 0.0000525. The quantitative estimate of drug-likeness (QED) is 0.110. The Kier molecular flexibility index (Phi) is 33.0. The topological polar surface area (TPSA) is 55.4 Å². The number of unbranched alkanes of at least 4 members (excludes halogenated alkanes) is 17. The Morgan fingerprint density at radius 1 is 0.500 bits per heavy atom. The van der Waals surface area contributed by atoms with E-state index in [1.54, 1.807) is 0 Å². The van der Waals surface area contributed by atoms with Crippen LogP contribution in [-0.2, 0) is 14.3 Å². The number of hydrogen-bond acceptors (Lipinski definition) is 3. The molecule has 0 saturated carbocycles. The van der Waals surface area contributed by atoms with E-state index < -0.39 is 0 Å². The van der Waals surface area contributed by atoms with Crippen molar-refractivity contribution < 1.29 is 14.3 Å². The van der Waals surface area contributed by atoms with E-state index in [0.717, 1.165) is 25.8 Å². The molecule has 4 heteroatoms. The van der Waals surface area contributed by atoms with Gasteiger partial charge in [0.2, 0.25) is 5.91 Å². The summed E-state index contributed by atoms with van der Waals surface area (Å²) >= 11 is 0. The lowest BCUT2D eigenvalue weighted by Crippen LogP contribution is -2.21. The fourth-order valence-electron chi connectivity index (χ4n) is 3.90. The van der Waals surface area contributed by atoms with Crippen LogP contribution in [0.3, 0.4) is 0 Å². The molecule has 0 aromatic carbocycles. The zero-order valence-corrected chi connectivity index (χ0v) is 23.7. The van der Waals surface area contributed by atoms with Crippen LogP contribution in [0.4, 0.5) is 0 Å². The van der Waals surface area contributed by atoms with Crippen LogP contribution in [-0.4, -0.2) is 25.0 Å². The molecule has 204 valence electrons. The maximum absolute atomic E-state index is 11.4. The number of carbonyl (C=O) groups excluding carboxylic acids is 2. The summed E-state index contributed by atoms with van der Waals surface area (Å²) in [6.45, 7) is 10.0. The average Bonchev–Trinajstić information content (AvgIpc) is 2.83. The SMILES string of the molecule is CCCCCCCCCC(=O)OCCCCCC.CCCCCCCCCCCC(=O)NCC. The first kappa shape index (κ1) is 35.1. The summed E-state index contributed by atoms with van der Waals surface area (Å²) < 4.78 is 5.19. The van der Waals surface area contributed by atoms with Gasteiger partial charge in [0.25, 0.3) is 0 Å². The predicted molar refractivity (Wildman–Crippen MR) is 148 cm³/mol. The molecule has 0 spiro atoms. The Hall–Kier alpha value is -1.06. The summed E-state index contributed by atoms with van der Waals surface area (Å²) in [4.78, 5) is 22.5. The van der Waals surface area contributed by atoms with Crippen molar-refractivity contribution in [1.29, 1.82) is 0 Å². The second-order valence-electron chi connectivity index (χ2n) is 9.68. The van der Waals surface area contributed by atoms with Crippen LogP contribution < -0.4 is 5.32 Å². The smallest absolute Gasteiger partial charge is 0.305 e. The van der Waals surface area contributed by atoms with Gasteiger partial charge in [-0.05, 0) is 26.2 Å². The average molecular weight is 484 g/mol. The monoisotopic (exact) mass is 483 g/mol. The zero-order valence-electron chi connectivity index (χ0n) is 23.7. The largest absolute Gasteiger partial charge is 0.466 e. The van der Waals surface area contributed by atoms with Crippen molar-refractivity contribution in [2.45, 2.75) is 169 Å². The fraction of sp³-hybridized carbons (Fsp3) is 0.933. The molecule has 0 aromatic rings. The lowest BCUT2D eigenvalue weighted by molar-refractivity contribution is -0.143. The molecule has 0 saturated heterocycles. The summed E-state index contributed by atoms with van der Waals surface area (Å²) in [6.07, 6.45) is 26.5. The Morgan fingerprint density at radius 3 is 1.32 bits per heavy atom. The van der Waals surface area contributed by atoms with Crippen LogP contribution in [0.5, 0.6) is 0 Å². The van der Waals surface area contributed by atoms with Crippen molar-refractivity contribution >= 4 is 11.9 Å². The zero-order chi connectivity index (χ0) is 25.5. The van der Waals surface area contributed by atoms with Gasteiger partial charge in [-0.15, -0.1) is 0 Å². The molecule has 0 unspecified atom stereocenters. The number of rotatable bonds is 24. The molecule has 0 aromatic heterocycles. The number of esters is 1. The van der Waals surface area contributed by atoms with E-state index in [1.165, 1.54) is 109 Å². The molecule has 4 nitrogen and oxygen atoms in total. The number of carbonyl (C=O) groups is 2. The van der Waals surface area contributed by atoms with Gasteiger partial charge in [-0.1, -0.05) is 130 Å². The van der Waals surface area contributed by atoms with Crippen LogP contribution in [0.1, 0.15) is 169 Å². The molecule has 0 bridgehead atoms. The van der Waals surface area contributed by atoms with E-state index in [1.807, 2.05) is 6.92 Å². The molecule has 1 amide bonds. The highest BCUT2D eigenvalue weighted by Gasteiger charge is 2.02. The summed E-state index contributed by atoms with van der Waals surface area (Å²) in [5.74, 6) is 0.213. The van der Waals surface area contributed by atoms with E-state index in [4.69, 9.17) is 4.74 Å². The Labute approximate surface area is 213 Å². The molecular formula is C30H61NO3. The summed E-state index contributed by atoms with van der Waals surface area (Å²) in [5, 5.41) is 2.83. The van der Waals surface area contributed by atoms with Gasteiger partial charge in [0.05, 0.1) is 6.61 Å². The third-order valence-electron chi connectivity index (χ3n) is 6.13. The second kappa shape index (κ2) is 31.9. The lowest BCUT2D eigenvalue weighted by atomic mass is 10.1. The van der Waals surface area contributed by atoms with E-state index in [9.17, 15) is 9.59 Å². The van der Waals surface area contributed by atoms with Crippen molar-refractivity contribution in [1.82, 2.24) is 5.32 Å². The van der Waals surface area contributed by atoms with Gasteiger partial charge < -0.3 is 10.1 Å². The number of ether oxygens (including phenoxy) is 1. The van der Waals surface area contributed by atoms with Gasteiger partial charge in [0.1, 0.15) is 0 Å². The third-order valence-corrected chi connectivity index (χ3v) is 6.13. The van der Waals surface area contributed by atoms with Crippen LogP contribution in [0.2, 0.25) is 0 Å².